The van der Waals surface area contributed by atoms with Crippen LogP contribution in [0.25, 0.3) is 39.4 Å². The van der Waals surface area contributed by atoms with Crippen LogP contribution in [-0.4, -0.2) is 24.4 Å². The smallest absolute Gasteiger partial charge is 0.266 e. The molecular weight excluding hydrogens is 461 g/mol. The van der Waals surface area contributed by atoms with Crippen LogP contribution in [-0.2, 0) is 0 Å². The summed E-state index contributed by atoms with van der Waals surface area (Å²) in [5, 5.41) is 9.17. The quantitative estimate of drug-likeness (QED) is 0.369. The molecule has 3 aromatic heterocycles. The summed E-state index contributed by atoms with van der Waals surface area (Å²) in [5.41, 5.74) is 4.77. The second kappa shape index (κ2) is 8.41. The van der Waals surface area contributed by atoms with Crippen molar-refractivity contribution in [3.8, 4) is 28.3 Å². The predicted molar refractivity (Wildman–Crippen MR) is 135 cm³/mol. The van der Waals surface area contributed by atoms with Gasteiger partial charge in [-0.1, -0.05) is 59.4 Å². The molecule has 6 rings (SSSR count). The molecule has 0 saturated carbocycles. The molecule has 0 bridgehead atoms. The molecule has 6 aromatic rings. The van der Waals surface area contributed by atoms with Crippen molar-refractivity contribution in [2.24, 2.45) is 0 Å². The second-order valence-corrected chi connectivity index (χ2v) is 9.14. The largest absolute Gasteiger partial charge is 0.291 e. The van der Waals surface area contributed by atoms with E-state index in [2.05, 4.69) is 10.1 Å². The van der Waals surface area contributed by atoms with Crippen LogP contribution in [0, 0.1) is 12.7 Å². The van der Waals surface area contributed by atoms with Gasteiger partial charge in [0.05, 0.1) is 10.2 Å². The minimum Gasteiger partial charge on any atom is -0.266 e. The second-order valence-electron chi connectivity index (χ2n) is 8.13. The molecule has 0 spiro atoms. The van der Waals surface area contributed by atoms with Gasteiger partial charge >= 0.3 is 0 Å². The molecule has 35 heavy (non-hydrogen) atoms. The Morgan fingerprint density at radius 2 is 1.60 bits per heavy atom. The van der Waals surface area contributed by atoms with Crippen molar-refractivity contribution in [3.05, 3.63) is 117 Å². The van der Waals surface area contributed by atoms with E-state index < -0.39 is 0 Å². The Balaban J connectivity index is 1.48. The molecule has 0 N–H and O–H groups in total. The van der Waals surface area contributed by atoms with Crippen molar-refractivity contribution in [1.29, 1.82) is 0 Å². The molecule has 170 valence electrons. The Morgan fingerprint density at radius 3 is 2.31 bits per heavy atom. The first kappa shape index (κ1) is 21.1. The molecule has 0 atom stereocenters. The fourth-order valence-electron chi connectivity index (χ4n) is 3.84. The molecule has 0 unspecified atom stereocenters. The van der Waals surface area contributed by atoms with Gasteiger partial charge in [0.15, 0.2) is 5.82 Å². The van der Waals surface area contributed by atoms with Gasteiger partial charge in [-0.25, -0.2) is 9.07 Å². The van der Waals surface area contributed by atoms with E-state index in [1.54, 1.807) is 22.9 Å². The van der Waals surface area contributed by atoms with Gasteiger partial charge in [-0.3, -0.25) is 4.79 Å². The number of rotatable bonds is 4. The van der Waals surface area contributed by atoms with E-state index >= 15 is 0 Å². The summed E-state index contributed by atoms with van der Waals surface area (Å²) in [4.78, 5) is 18.3. The zero-order valence-electron chi connectivity index (χ0n) is 18.6. The highest BCUT2D eigenvalue weighted by molar-refractivity contribution is 7.15. The average Bonchev–Trinajstić information content (AvgIpc) is 3.56. The summed E-state index contributed by atoms with van der Waals surface area (Å²) in [6.45, 7) is 2.01. The molecule has 0 radical (unpaired) electrons. The minimum atomic E-state index is -0.321. The highest BCUT2D eigenvalue weighted by atomic mass is 32.1. The van der Waals surface area contributed by atoms with Gasteiger partial charge in [-0.2, -0.15) is 14.6 Å². The zero-order chi connectivity index (χ0) is 23.9. The third-order valence-corrected chi connectivity index (χ3v) is 6.62. The number of benzene rings is 3. The SMILES string of the molecule is Cc1ccc(-c2nc3s/c(=C/c4cn(-c5ccccc5)nc4-c4ccc(F)cc4)c(=O)n3n2)cc1. The molecule has 8 heteroatoms. The number of aryl methyl sites for hydroxylation is 1. The monoisotopic (exact) mass is 479 g/mol. The first-order valence-electron chi connectivity index (χ1n) is 10.9. The summed E-state index contributed by atoms with van der Waals surface area (Å²) >= 11 is 1.27. The maximum absolute atomic E-state index is 13.5. The third kappa shape index (κ3) is 3.94. The predicted octanol–water partition coefficient (Wildman–Crippen LogP) is 4.67. The average molecular weight is 480 g/mol. The van der Waals surface area contributed by atoms with E-state index in [-0.39, 0.29) is 11.4 Å². The lowest BCUT2D eigenvalue weighted by Crippen LogP contribution is -2.23. The lowest BCUT2D eigenvalue weighted by molar-refractivity contribution is 0.628. The van der Waals surface area contributed by atoms with Crippen LogP contribution in [0.3, 0.4) is 0 Å². The number of thiazole rings is 1. The summed E-state index contributed by atoms with van der Waals surface area (Å²) in [7, 11) is 0. The fourth-order valence-corrected chi connectivity index (χ4v) is 4.74. The topological polar surface area (TPSA) is 65.1 Å². The minimum absolute atomic E-state index is 0.242. The van der Waals surface area contributed by atoms with Crippen LogP contribution in [0.4, 0.5) is 4.39 Å². The Morgan fingerprint density at radius 1 is 0.886 bits per heavy atom. The first-order valence-corrected chi connectivity index (χ1v) is 11.8. The van der Waals surface area contributed by atoms with Crippen LogP contribution >= 0.6 is 11.3 Å². The highest BCUT2D eigenvalue weighted by Crippen LogP contribution is 2.25. The van der Waals surface area contributed by atoms with E-state index in [4.69, 9.17) is 5.10 Å². The summed E-state index contributed by atoms with van der Waals surface area (Å²) in [6.07, 6.45) is 3.65. The van der Waals surface area contributed by atoms with E-state index in [0.29, 0.717) is 21.0 Å². The maximum atomic E-state index is 13.5. The van der Waals surface area contributed by atoms with Gasteiger partial charge < -0.3 is 0 Å². The van der Waals surface area contributed by atoms with Crippen LogP contribution in [0.15, 0.2) is 89.9 Å². The zero-order valence-corrected chi connectivity index (χ0v) is 19.4. The Labute approximate surface area is 203 Å². The lowest BCUT2D eigenvalue weighted by Gasteiger charge is -2.00. The van der Waals surface area contributed by atoms with Crippen molar-refractivity contribution in [1.82, 2.24) is 24.4 Å². The fraction of sp³-hybridized carbons (Fsp3) is 0.0370. The number of fused-ring (bicyclic) bond motifs is 1. The number of para-hydroxylation sites is 1. The molecule has 0 saturated heterocycles. The number of nitrogens with zero attached hydrogens (tertiary/aromatic N) is 5. The molecule has 6 nitrogen and oxygen atoms in total. The molecule has 0 aliphatic heterocycles. The lowest BCUT2D eigenvalue weighted by atomic mass is 10.1. The number of hydrogen-bond acceptors (Lipinski definition) is 5. The van der Waals surface area contributed by atoms with Crippen LogP contribution in [0.2, 0.25) is 0 Å². The van der Waals surface area contributed by atoms with Crippen molar-refractivity contribution in [2.75, 3.05) is 0 Å². The summed E-state index contributed by atoms with van der Waals surface area (Å²) < 4.78 is 17.1. The highest BCUT2D eigenvalue weighted by Gasteiger charge is 2.15. The number of halogens is 1. The number of aromatic nitrogens is 5. The maximum Gasteiger partial charge on any atom is 0.291 e. The van der Waals surface area contributed by atoms with Crippen LogP contribution in [0.5, 0.6) is 0 Å². The Hall–Kier alpha value is -4.43. The summed E-state index contributed by atoms with van der Waals surface area (Å²) in [6, 6.07) is 23.7. The molecule has 0 aliphatic rings. The number of hydrogen-bond donors (Lipinski definition) is 0. The van der Waals surface area contributed by atoms with Gasteiger partial charge in [0.2, 0.25) is 4.96 Å². The molecule has 0 aliphatic carbocycles. The van der Waals surface area contributed by atoms with E-state index in [1.165, 1.54) is 28.0 Å². The van der Waals surface area contributed by atoms with Crippen molar-refractivity contribution in [3.63, 3.8) is 0 Å². The van der Waals surface area contributed by atoms with Gasteiger partial charge in [0.1, 0.15) is 11.5 Å². The van der Waals surface area contributed by atoms with Crippen LogP contribution < -0.4 is 10.1 Å². The van der Waals surface area contributed by atoms with E-state index in [9.17, 15) is 9.18 Å². The van der Waals surface area contributed by atoms with Crippen LogP contribution in [0.1, 0.15) is 11.1 Å². The molecular formula is C27H18FN5OS. The van der Waals surface area contributed by atoms with Gasteiger partial charge in [0, 0.05) is 22.9 Å². The molecule has 3 aromatic carbocycles. The third-order valence-electron chi connectivity index (χ3n) is 5.66. The first-order chi connectivity index (χ1) is 17.0. The van der Waals surface area contributed by atoms with E-state index in [0.717, 1.165) is 27.9 Å². The van der Waals surface area contributed by atoms with Crippen molar-refractivity contribution >= 4 is 22.4 Å². The van der Waals surface area contributed by atoms with Crippen molar-refractivity contribution in [2.45, 2.75) is 6.92 Å². The molecule has 3 heterocycles. The van der Waals surface area contributed by atoms with E-state index in [1.807, 2.05) is 67.7 Å². The molecule has 0 fully saturated rings. The summed E-state index contributed by atoms with van der Waals surface area (Å²) in [5.74, 6) is 0.197. The normalized spacial score (nSPS) is 12.0. The Kier molecular flexibility index (Phi) is 5.08. The van der Waals surface area contributed by atoms with Crippen molar-refractivity contribution < 1.29 is 4.39 Å². The van der Waals surface area contributed by atoms with Gasteiger partial charge in [-0.05, 0) is 49.4 Å². The standard InChI is InChI=1S/C27H18FN5OS/c1-17-7-9-19(10-8-17)25-29-27-33(31-25)26(34)23(35-27)15-20-16-32(22-5-3-2-4-6-22)30-24(20)18-11-13-21(28)14-12-18/h2-16H,1H3/b23-15+. The van der Waals surface area contributed by atoms with Gasteiger partial charge in [0.25, 0.3) is 5.56 Å². The Bertz CT molecular complexity index is 1770. The van der Waals surface area contributed by atoms with Gasteiger partial charge in [-0.15, -0.1) is 5.10 Å². The molecule has 0 amide bonds.